The van der Waals surface area contributed by atoms with Crippen molar-refractivity contribution in [3.8, 4) is 0 Å². The van der Waals surface area contributed by atoms with Gasteiger partial charge in [0.15, 0.2) is 5.65 Å². The summed E-state index contributed by atoms with van der Waals surface area (Å²) < 4.78 is 6.46. The summed E-state index contributed by atoms with van der Waals surface area (Å²) in [6.45, 7) is 3.53. The first-order valence-electron chi connectivity index (χ1n) is 8.17. The van der Waals surface area contributed by atoms with Gasteiger partial charge >= 0.3 is 0 Å². The Morgan fingerprint density at radius 1 is 1.24 bits per heavy atom. The van der Waals surface area contributed by atoms with Crippen molar-refractivity contribution in [1.82, 2.24) is 28.9 Å². The third-order valence-electron chi connectivity index (χ3n) is 4.37. The van der Waals surface area contributed by atoms with Crippen LogP contribution in [0.3, 0.4) is 0 Å². The Kier molecular flexibility index (Phi) is 3.89. The lowest BCUT2D eigenvalue weighted by atomic mass is 10.1. The Bertz CT molecular complexity index is 1120. The molecule has 0 atom stereocenters. The molecule has 7 heteroatoms. The average molecular weight is 352 g/mol. The van der Waals surface area contributed by atoms with Gasteiger partial charge in [-0.15, -0.1) is 0 Å². The van der Waals surface area contributed by atoms with Gasteiger partial charge in [0.25, 0.3) is 0 Å². The van der Waals surface area contributed by atoms with Gasteiger partial charge in [-0.1, -0.05) is 18.2 Å². The number of pyridine rings is 1. The monoisotopic (exact) mass is 352 g/mol. The van der Waals surface area contributed by atoms with E-state index >= 15 is 0 Å². The SMILES string of the molecule is Cc1cc2nn(CN(C)Cc3cnn(C)c3)c(=S)n2c2ccccc12. The maximum absolute atomic E-state index is 5.71. The summed E-state index contributed by atoms with van der Waals surface area (Å²) in [5, 5.41) is 10.1. The van der Waals surface area contributed by atoms with E-state index in [4.69, 9.17) is 17.3 Å². The van der Waals surface area contributed by atoms with Crippen molar-refractivity contribution in [3.63, 3.8) is 0 Å². The van der Waals surface area contributed by atoms with Crippen LogP contribution in [0.25, 0.3) is 16.6 Å². The lowest BCUT2D eigenvalue weighted by Crippen LogP contribution is -2.22. The highest BCUT2D eigenvalue weighted by atomic mass is 32.1. The Morgan fingerprint density at radius 3 is 2.80 bits per heavy atom. The molecule has 0 saturated carbocycles. The fourth-order valence-electron chi connectivity index (χ4n) is 3.25. The van der Waals surface area contributed by atoms with Crippen LogP contribution in [0.2, 0.25) is 0 Å². The summed E-state index contributed by atoms with van der Waals surface area (Å²) in [4.78, 5) is 2.17. The van der Waals surface area contributed by atoms with Gasteiger partial charge < -0.3 is 0 Å². The maximum atomic E-state index is 5.71. The van der Waals surface area contributed by atoms with Crippen LogP contribution in [0, 0.1) is 11.7 Å². The van der Waals surface area contributed by atoms with E-state index in [2.05, 4.69) is 52.6 Å². The molecule has 6 nitrogen and oxygen atoms in total. The molecule has 0 aliphatic rings. The van der Waals surface area contributed by atoms with Gasteiger partial charge in [0.2, 0.25) is 4.77 Å². The molecule has 0 fully saturated rings. The van der Waals surface area contributed by atoms with E-state index in [-0.39, 0.29) is 0 Å². The molecule has 0 spiro atoms. The molecule has 4 rings (SSSR count). The second kappa shape index (κ2) is 6.09. The van der Waals surface area contributed by atoms with Crippen LogP contribution in [0.5, 0.6) is 0 Å². The number of aromatic nitrogens is 5. The number of nitrogens with zero attached hydrogens (tertiary/aromatic N) is 6. The second-order valence-electron chi connectivity index (χ2n) is 6.50. The normalized spacial score (nSPS) is 11.8. The third-order valence-corrected chi connectivity index (χ3v) is 4.76. The van der Waals surface area contributed by atoms with Crippen LogP contribution >= 0.6 is 12.2 Å². The summed E-state index contributed by atoms with van der Waals surface area (Å²) in [6, 6.07) is 10.4. The molecule has 0 saturated heterocycles. The van der Waals surface area contributed by atoms with Gasteiger partial charge in [0.1, 0.15) is 0 Å². The molecule has 3 heterocycles. The average Bonchev–Trinajstić information content (AvgIpc) is 3.11. The number of para-hydroxylation sites is 1. The lowest BCUT2D eigenvalue weighted by molar-refractivity contribution is 0.245. The summed E-state index contributed by atoms with van der Waals surface area (Å²) in [6.07, 6.45) is 3.91. The minimum atomic E-state index is 0.628. The van der Waals surface area contributed by atoms with E-state index in [9.17, 15) is 0 Å². The molecule has 0 aliphatic heterocycles. The van der Waals surface area contributed by atoms with Crippen LogP contribution in [0.15, 0.2) is 42.7 Å². The van der Waals surface area contributed by atoms with E-state index in [0.717, 1.165) is 17.7 Å². The standard InChI is InChI=1S/C18H20N6S/c1-13-8-17-20-23(12-21(2)10-14-9-19-22(3)11-14)18(25)24(17)16-7-5-4-6-15(13)16/h4-9,11H,10,12H2,1-3H3. The predicted molar refractivity (Wildman–Crippen MR) is 101 cm³/mol. The molecule has 1 aromatic carbocycles. The fraction of sp³-hybridized carbons (Fsp3) is 0.278. The van der Waals surface area contributed by atoms with E-state index in [1.54, 1.807) is 0 Å². The molecule has 0 amide bonds. The van der Waals surface area contributed by atoms with Crippen molar-refractivity contribution >= 4 is 28.8 Å². The molecule has 0 N–H and O–H groups in total. The Labute approximate surface area is 150 Å². The number of rotatable bonds is 4. The topological polar surface area (TPSA) is 43.3 Å². The van der Waals surface area contributed by atoms with Crippen molar-refractivity contribution in [1.29, 1.82) is 0 Å². The highest BCUT2D eigenvalue weighted by Gasteiger charge is 2.11. The lowest BCUT2D eigenvalue weighted by Gasteiger charge is -2.14. The molecule has 0 unspecified atom stereocenters. The molecule has 25 heavy (non-hydrogen) atoms. The highest BCUT2D eigenvalue weighted by molar-refractivity contribution is 7.71. The van der Waals surface area contributed by atoms with Gasteiger partial charge in [0.05, 0.1) is 18.4 Å². The zero-order valence-corrected chi connectivity index (χ0v) is 15.4. The van der Waals surface area contributed by atoms with Crippen LogP contribution in [-0.2, 0) is 20.3 Å². The van der Waals surface area contributed by atoms with Gasteiger partial charge in [-0.2, -0.15) is 10.2 Å². The van der Waals surface area contributed by atoms with Gasteiger partial charge in [-0.05, 0) is 43.9 Å². The van der Waals surface area contributed by atoms with Crippen LogP contribution < -0.4 is 0 Å². The molecular weight excluding hydrogens is 332 g/mol. The molecule has 4 aromatic rings. The molecule has 0 aliphatic carbocycles. The summed E-state index contributed by atoms with van der Waals surface area (Å²) in [5.41, 5.74) is 4.36. The number of hydrogen-bond donors (Lipinski definition) is 0. The second-order valence-corrected chi connectivity index (χ2v) is 6.86. The smallest absolute Gasteiger partial charge is 0.204 e. The van der Waals surface area contributed by atoms with Crippen molar-refractivity contribution in [3.05, 3.63) is 58.6 Å². The van der Waals surface area contributed by atoms with E-state index < -0.39 is 0 Å². The van der Waals surface area contributed by atoms with E-state index in [1.165, 1.54) is 16.5 Å². The Morgan fingerprint density at radius 2 is 2.04 bits per heavy atom. The third kappa shape index (κ3) is 2.85. The number of fused-ring (bicyclic) bond motifs is 3. The maximum Gasteiger partial charge on any atom is 0.204 e. The fourth-order valence-corrected chi connectivity index (χ4v) is 3.54. The molecule has 0 radical (unpaired) electrons. The number of benzene rings is 1. The number of hydrogen-bond acceptors (Lipinski definition) is 4. The van der Waals surface area contributed by atoms with Gasteiger partial charge in [-0.25, -0.2) is 4.68 Å². The minimum absolute atomic E-state index is 0.628. The van der Waals surface area contributed by atoms with Crippen LogP contribution in [0.1, 0.15) is 11.1 Å². The first kappa shape index (κ1) is 16.0. The summed E-state index contributed by atoms with van der Waals surface area (Å²) >= 11 is 5.71. The highest BCUT2D eigenvalue weighted by Crippen LogP contribution is 2.21. The first-order chi connectivity index (χ1) is 12.0. The zero-order chi connectivity index (χ0) is 17.6. The largest absolute Gasteiger partial charge is 0.283 e. The van der Waals surface area contributed by atoms with Gasteiger partial charge in [-0.3, -0.25) is 14.0 Å². The molecular formula is C18H20N6S. The van der Waals surface area contributed by atoms with Crippen molar-refractivity contribution in [2.45, 2.75) is 20.1 Å². The van der Waals surface area contributed by atoms with Crippen LogP contribution in [-0.4, -0.2) is 35.9 Å². The first-order valence-corrected chi connectivity index (χ1v) is 8.58. The molecule has 128 valence electrons. The minimum Gasteiger partial charge on any atom is -0.283 e. The molecule has 0 bridgehead atoms. The van der Waals surface area contributed by atoms with Gasteiger partial charge in [0, 0.05) is 30.7 Å². The van der Waals surface area contributed by atoms with Crippen molar-refractivity contribution in [2.75, 3.05) is 7.05 Å². The van der Waals surface area contributed by atoms with Crippen molar-refractivity contribution < 1.29 is 0 Å². The van der Waals surface area contributed by atoms with Crippen molar-refractivity contribution in [2.24, 2.45) is 7.05 Å². The van der Waals surface area contributed by atoms with E-state index in [0.29, 0.717) is 11.4 Å². The zero-order valence-electron chi connectivity index (χ0n) is 14.5. The predicted octanol–water partition coefficient (Wildman–Crippen LogP) is 3.15. The Balaban J connectivity index is 1.72. The quantitative estimate of drug-likeness (QED) is 0.529. The van der Waals surface area contributed by atoms with E-state index in [1.807, 2.05) is 34.9 Å². The molecule has 3 aromatic heterocycles. The number of aryl methyl sites for hydroxylation is 2. The summed E-state index contributed by atoms with van der Waals surface area (Å²) in [5.74, 6) is 0. The Hall–Kier alpha value is -2.51. The van der Waals surface area contributed by atoms with Crippen LogP contribution in [0.4, 0.5) is 0 Å². The summed E-state index contributed by atoms with van der Waals surface area (Å²) in [7, 11) is 3.98.